The maximum atomic E-state index is 12.8. The summed E-state index contributed by atoms with van der Waals surface area (Å²) in [7, 11) is 0. The van der Waals surface area contributed by atoms with Crippen molar-refractivity contribution in [1.82, 2.24) is 10.6 Å². The number of carbonyl (C=O) groups is 3. The lowest BCUT2D eigenvalue weighted by atomic mass is 10.1. The van der Waals surface area contributed by atoms with Gasteiger partial charge in [0.25, 0.3) is 17.5 Å². The van der Waals surface area contributed by atoms with Crippen LogP contribution < -0.4 is 15.4 Å². The van der Waals surface area contributed by atoms with Gasteiger partial charge in [0, 0.05) is 30.7 Å². The van der Waals surface area contributed by atoms with Crippen molar-refractivity contribution in [3.63, 3.8) is 0 Å². The van der Waals surface area contributed by atoms with Gasteiger partial charge in [0.1, 0.15) is 11.4 Å². The molecule has 0 aliphatic rings. The molecule has 0 heterocycles. The van der Waals surface area contributed by atoms with E-state index >= 15 is 0 Å². The Balaban J connectivity index is 2.20. The van der Waals surface area contributed by atoms with E-state index in [0.717, 1.165) is 0 Å². The van der Waals surface area contributed by atoms with Gasteiger partial charge in [-0.3, -0.25) is 24.5 Å². The van der Waals surface area contributed by atoms with E-state index in [1.165, 1.54) is 24.3 Å². The zero-order chi connectivity index (χ0) is 25.1. The lowest BCUT2D eigenvalue weighted by Gasteiger charge is -2.12. The van der Waals surface area contributed by atoms with Gasteiger partial charge in [-0.1, -0.05) is 26.0 Å². The maximum Gasteiger partial charge on any atom is 0.303 e. The van der Waals surface area contributed by atoms with Gasteiger partial charge in [-0.05, 0) is 48.2 Å². The average molecular weight is 469 g/mol. The molecule has 34 heavy (non-hydrogen) atoms. The second-order valence-electron chi connectivity index (χ2n) is 7.85. The molecule has 0 saturated carbocycles. The number of amides is 2. The largest absolute Gasteiger partial charge is 0.493 e. The van der Waals surface area contributed by atoms with Crippen molar-refractivity contribution in [3.8, 4) is 5.75 Å². The van der Waals surface area contributed by atoms with Crippen molar-refractivity contribution in [2.75, 3.05) is 13.2 Å². The zero-order valence-electron chi connectivity index (χ0n) is 18.9. The number of rotatable bonds is 12. The first-order valence-corrected chi connectivity index (χ1v) is 10.7. The number of hydrogen-bond acceptors (Lipinski definition) is 6. The van der Waals surface area contributed by atoms with E-state index < -0.39 is 22.7 Å². The SMILES string of the molecule is CC(C)COc1ccc(C(=O)N/C(=C\c2cccc([N+](=O)[O-])c2)C(=O)NCCCC(=O)O)cc1. The monoisotopic (exact) mass is 469 g/mol. The number of carbonyl (C=O) groups excluding carboxylic acids is 2. The van der Waals surface area contributed by atoms with Crippen LogP contribution in [0.5, 0.6) is 5.75 Å². The standard InChI is InChI=1S/C24H27N3O7/c1-16(2)15-34-20-10-8-18(9-11-20)23(30)26-21(24(31)25-12-4-7-22(28)29)14-17-5-3-6-19(13-17)27(32)33/h3,5-6,8-11,13-14,16H,4,7,12,15H2,1-2H3,(H,25,31)(H,26,30)(H,28,29)/b21-14-. The van der Waals surface area contributed by atoms with Crippen molar-refractivity contribution in [2.24, 2.45) is 5.92 Å². The highest BCUT2D eigenvalue weighted by atomic mass is 16.6. The molecule has 2 rings (SSSR count). The molecule has 180 valence electrons. The molecule has 0 radical (unpaired) electrons. The fraction of sp³-hybridized carbons (Fsp3) is 0.292. The van der Waals surface area contributed by atoms with E-state index in [0.29, 0.717) is 23.8 Å². The predicted molar refractivity (Wildman–Crippen MR) is 125 cm³/mol. The number of carboxylic acids is 1. The molecule has 2 amide bonds. The smallest absolute Gasteiger partial charge is 0.303 e. The normalized spacial score (nSPS) is 11.1. The van der Waals surface area contributed by atoms with Crippen LogP contribution in [0.1, 0.15) is 42.6 Å². The number of aliphatic carboxylic acids is 1. The lowest BCUT2D eigenvalue weighted by Crippen LogP contribution is -2.35. The second-order valence-corrected chi connectivity index (χ2v) is 7.85. The Morgan fingerprint density at radius 1 is 1.15 bits per heavy atom. The van der Waals surface area contributed by atoms with Gasteiger partial charge in [0.2, 0.25) is 0 Å². The first kappa shape index (κ1) is 26.0. The number of non-ortho nitro benzene ring substituents is 1. The first-order chi connectivity index (χ1) is 16.2. The maximum absolute atomic E-state index is 12.8. The van der Waals surface area contributed by atoms with Crippen LogP contribution in [0.15, 0.2) is 54.2 Å². The van der Waals surface area contributed by atoms with Gasteiger partial charge in [-0.25, -0.2) is 0 Å². The number of ether oxygens (including phenoxy) is 1. The van der Waals surface area contributed by atoms with Crippen molar-refractivity contribution in [1.29, 1.82) is 0 Å². The minimum atomic E-state index is -0.990. The third kappa shape index (κ3) is 8.73. The van der Waals surface area contributed by atoms with E-state index in [-0.39, 0.29) is 36.3 Å². The van der Waals surface area contributed by atoms with Gasteiger partial charge in [0.15, 0.2) is 0 Å². The molecule has 0 fully saturated rings. The van der Waals surface area contributed by atoms with Crippen molar-refractivity contribution >= 4 is 29.5 Å². The fourth-order valence-electron chi connectivity index (χ4n) is 2.75. The molecule has 0 aromatic heterocycles. The minimum absolute atomic E-state index is 0.0785. The van der Waals surface area contributed by atoms with Crippen LogP contribution in [0, 0.1) is 16.0 Å². The van der Waals surface area contributed by atoms with Crippen molar-refractivity contribution in [3.05, 3.63) is 75.5 Å². The summed E-state index contributed by atoms with van der Waals surface area (Å²) in [4.78, 5) is 46.6. The molecule has 0 saturated heterocycles. The Labute approximate surface area is 196 Å². The number of nitrogens with one attached hydrogen (secondary N) is 2. The molecular formula is C24H27N3O7. The summed E-state index contributed by atoms with van der Waals surface area (Å²) in [5.41, 5.74) is 0.308. The average Bonchev–Trinajstić information content (AvgIpc) is 2.80. The predicted octanol–water partition coefficient (Wildman–Crippen LogP) is 3.38. The van der Waals surface area contributed by atoms with Crippen LogP contribution in [0.3, 0.4) is 0 Å². The lowest BCUT2D eigenvalue weighted by molar-refractivity contribution is -0.384. The molecule has 2 aromatic rings. The van der Waals surface area contributed by atoms with E-state index in [1.54, 1.807) is 30.3 Å². The third-order valence-corrected chi connectivity index (χ3v) is 4.44. The summed E-state index contributed by atoms with van der Waals surface area (Å²) in [6.07, 6.45) is 1.40. The highest BCUT2D eigenvalue weighted by Crippen LogP contribution is 2.17. The van der Waals surface area contributed by atoms with E-state index in [2.05, 4.69) is 10.6 Å². The van der Waals surface area contributed by atoms with Gasteiger partial charge in [-0.2, -0.15) is 0 Å². The van der Waals surface area contributed by atoms with E-state index in [1.807, 2.05) is 13.8 Å². The molecule has 10 heteroatoms. The summed E-state index contributed by atoms with van der Waals surface area (Å²) in [6.45, 7) is 4.65. The van der Waals surface area contributed by atoms with Crippen molar-refractivity contribution in [2.45, 2.75) is 26.7 Å². The van der Waals surface area contributed by atoms with Gasteiger partial charge in [-0.15, -0.1) is 0 Å². The van der Waals surface area contributed by atoms with Crippen LogP contribution >= 0.6 is 0 Å². The quantitative estimate of drug-likeness (QED) is 0.187. The van der Waals surface area contributed by atoms with Gasteiger partial charge in [0.05, 0.1) is 11.5 Å². The molecule has 3 N–H and O–H groups in total. The molecule has 0 aliphatic heterocycles. The number of nitro groups is 1. The van der Waals surface area contributed by atoms with Crippen LogP contribution in [0.4, 0.5) is 5.69 Å². The highest BCUT2D eigenvalue weighted by Gasteiger charge is 2.16. The van der Waals surface area contributed by atoms with Crippen molar-refractivity contribution < 1.29 is 29.2 Å². The highest BCUT2D eigenvalue weighted by molar-refractivity contribution is 6.05. The molecular weight excluding hydrogens is 442 g/mol. The summed E-state index contributed by atoms with van der Waals surface area (Å²) < 4.78 is 5.60. The first-order valence-electron chi connectivity index (χ1n) is 10.7. The Kier molecular flexibility index (Phi) is 9.75. The second kappa shape index (κ2) is 12.7. The van der Waals surface area contributed by atoms with Gasteiger partial charge < -0.3 is 20.5 Å². The topological polar surface area (TPSA) is 148 Å². The minimum Gasteiger partial charge on any atom is -0.493 e. The Morgan fingerprint density at radius 3 is 2.47 bits per heavy atom. The van der Waals surface area contributed by atoms with Crippen LogP contribution in [-0.4, -0.2) is 41.0 Å². The third-order valence-electron chi connectivity index (χ3n) is 4.44. The summed E-state index contributed by atoms with van der Waals surface area (Å²) in [6, 6.07) is 12.0. The number of carboxylic acid groups (broad SMARTS) is 1. The van der Waals surface area contributed by atoms with Crippen LogP contribution in [-0.2, 0) is 9.59 Å². The Bertz CT molecular complexity index is 1060. The van der Waals surface area contributed by atoms with Crippen LogP contribution in [0.2, 0.25) is 0 Å². The van der Waals surface area contributed by atoms with E-state index in [4.69, 9.17) is 9.84 Å². The molecule has 0 aliphatic carbocycles. The molecule has 0 spiro atoms. The molecule has 0 bridgehead atoms. The molecule has 2 aromatic carbocycles. The number of nitro benzene ring substituents is 1. The molecule has 0 unspecified atom stereocenters. The van der Waals surface area contributed by atoms with E-state index in [9.17, 15) is 24.5 Å². The zero-order valence-corrected chi connectivity index (χ0v) is 18.9. The Hall–Kier alpha value is -4.21. The molecule has 10 nitrogen and oxygen atoms in total. The fourth-order valence-corrected chi connectivity index (χ4v) is 2.75. The summed E-state index contributed by atoms with van der Waals surface area (Å²) in [5.74, 6) is -1.25. The summed E-state index contributed by atoms with van der Waals surface area (Å²) in [5, 5.41) is 24.9. The number of hydrogen-bond donors (Lipinski definition) is 3. The number of benzene rings is 2. The van der Waals surface area contributed by atoms with Crippen LogP contribution in [0.25, 0.3) is 6.08 Å². The molecule has 0 atom stereocenters. The number of nitrogens with zero attached hydrogens (tertiary/aromatic N) is 1. The Morgan fingerprint density at radius 2 is 1.85 bits per heavy atom. The van der Waals surface area contributed by atoms with Gasteiger partial charge >= 0.3 is 5.97 Å². The summed E-state index contributed by atoms with van der Waals surface area (Å²) >= 11 is 0.